The van der Waals surface area contributed by atoms with E-state index in [1.165, 1.54) is 5.56 Å². The second kappa shape index (κ2) is 5.42. The fourth-order valence-electron chi connectivity index (χ4n) is 1.61. The van der Waals surface area contributed by atoms with E-state index < -0.39 is 0 Å². The molecule has 4 heteroatoms. The molecule has 0 amide bonds. The summed E-state index contributed by atoms with van der Waals surface area (Å²) < 4.78 is 1.95. The molecule has 0 aliphatic carbocycles. The van der Waals surface area contributed by atoms with Gasteiger partial charge in [-0.15, -0.1) is 0 Å². The Morgan fingerprint density at radius 1 is 1.25 bits per heavy atom. The minimum absolute atomic E-state index is 0.792. The summed E-state index contributed by atoms with van der Waals surface area (Å²) in [5.41, 5.74) is 1.25. The highest BCUT2D eigenvalue weighted by molar-refractivity contribution is 5.15. The Morgan fingerprint density at radius 3 is 2.81 bits per heavy atom. The van der Waals surface area contributed by atoms with Gasteiger partial charge in [-0.1, -0.05) is 30.3 Å². The topological polar surface area (TPSA) is 42.7 Å². The van der Waals surface area contributed by atoms with E-state index in [1.54, 1.807) is 6.33 Å². The molecule has 0 atom stereocenters. The van der Waals surface area contributed by atoms with Gasteiger partial charge in [0, 0.05) is 13.0 Å². The molecule has 1 N–H and O–H groups in total. The predicted molar refractivity (Wildman–Crippen MR) is 63.2 cm³/mol. The van der Waals surface area contributed by atoms with Gasteiger partial charge in [-0.3, -0.25) is 0 Å². The van der Waals surface area contributed by atoms with Gasteiger partial charge in [-0.05, 0) is 12.6 Å². The van der Waals surface area contributed by atoms with Crippen LogP contribution in [0.1, 0.15) is 11.4 Å². The first-order chi connectivity index (χ1) is 7.90. The molecule has 0 saturated carbocycles. The Labute approximate surface area is 95.3 Å². The van der Waals surface area contributed by atoms with Crippen molar-refractivity contribution in [3.63, 3.8) is 0 Å². The third-order valence-electron chi connectivity index (χ3n) is 2.47. The van der Waals surface area contributed by atoms with Gasteiger partial charge in [0.2, 0.25) is 0 Å². The summed E-state index contributed by atoms with van der Waals surface area (Å²) in [6.07, 6.45) is 2.53. The molecule has 1 aromatic heterocycles. The van der Waals surface area contributed by atoms with E-state index in [0.29, 0.717) is 0 Å². The summed E-state index contributed by atoms with van der Waals surface area (Å²) in [5, 5.41) is 7.36. The average molecular weight is 216 g/mol. The van der Waals surface area contributed by atoms with Crippen LogP contribution in [0.25, 0.3) is 0 Å². The second-order valence-corrected chi connectivity index (χ2v) is 3.67. The van der Waals surface area contributed by atoms with E-state index in [1.807, 2.05) is 29.9 Å². The number of hydrogen-bond donors (Lipinski definition) is 1. The Balaban J connectivity index is 2.07. The molecule has 1 aromatic carbocycles. The van der Waals surface area contributed by atoms with Crippen LogP contribution in [0.2, 0.25) is 0 Å². The predicted octanol–water partition coefficient (Wildman–Crippen LogP) is 1.09. The lowest BCUT2D eigenvalue weighted by molar-refractivity contribution is 0.622. The number of likely N-dealkylation sites (N-methyl/N-ethyl adjacent to an activating group) is 1. The smallest absolute Gasteiger partial charge is 0.138 e. The third kappa shape index (κ3) is 2.67. The van der Waals surface area contributed by atoms with Crippen molar-refractivity contribution < 1.29 is 0 Å². The first-order valence-corrected chi connectivity index (χ1v) is 5.45. The highest BCUT2D eigenvalue weighted by Crippen LogP contribution is 2.03. The SMILES string of the molecule is CNCCc1ncnn1Cc1ccccc1. The van der Waals surface area contributed by atoms with Crippen molar-refractivity contribution in [2.75, 3.05) is 13.6 Å². The van der Waals surface area contributed by atoms with Gasteiger partial charge in [0.15, 0.2) is 0 Å². The highest BCUT2D eigenvalue weighted by atomic mass is 15.3. The van der Waals surface area contributed by atoms with E-state index in [0.717, 1.165) is 25.3 Å². The van der Waals surface area contributed by atoms with Gasteiger partial charge < -0.3 is 5.32 Å². The molecular formula is C12H16N4. The minimum atomic E-state index is 0.792. The van der Waals surface area contributed by atoms with E-state index in [4.69, 9.17) is 0 Å². The molecule has 0 unspecified atom stereocenters. The molecule has 0 spiro atoms. The number of nitrogens with zero attached hydrogens (tertiary/aromatic N) is 3. The highest BCUT2D eigenvalue weighted by Gasteiger charge is 2.03. The summed E-state index contributed by atoms with van der Waals surface area (Å²) in [5.74, 6) is 1.03. The summed E-state index contributed by atoms with van der Waals surface area (Å²) in [7, 11) is 1.94. The molecule has 84 valence electrons. The quantitative estimate of drug-likeness (QED) is 0.813. The lowest BCUT2D eigenvalue weighted by Gasteiger charge is -2.05. The van der Waals surface area contributed by atoms with Crippen molar-refractivity contribution in [1.82, 2.24) is 20.1 Å². The minimum Gasteiger partial charge on any atom is -0.319 e. The molecule has 16 heavy (non-hydrogen) atoms. The van der Waals surface area contributed by atoms with Gasteiger partial charge in [-0.2, -0.15) is 5.10 Å². The maximum Gasteiger partial charge on any atom is 0.138 e. The standard InChI is InChI=1S/C12H16N4/c1-13-8-7-12-14-10-15-16(12)9-11-5-3-2-4-6-11/h2-6,10,13H,7-9H2,1H3. The fraction of sp³-hybridized carbons (Fsp3) is 0.333. The molecule has 2 rings (SSSR count). The van der Waals surface area contributed by atoms with Crippen LogP contribution in [0.5, 0.6) is 0 Å². The lowest BCUT2D eigenvalue weighted by atomic mass is 10.2. The first kappa shape index (κ1) is 10.8. The lowest BCUT2D eigenvalue weighted by Crippen LogP contribution is -2.15. The van der Waals surface area contributed by atoms with Crippen molar-refractivity contribution in [1.29, 1.82) is 0 Å². The maximum absolute atomic E-state index is 4.26. The molecule has 0 fully saturated rings. The Hall–Kier alpha value is -1.68. The Bertz CT molecular complexity index is 422. The normalized spacial score (nSPS) is 10.6. The maximum atomic E-state index is 4.26. The summed E-state index contributed by atoms with van der Waals surface area (Å²) in [4.78, 5) is 4.26. The van der Waals surface area contributed by atoms with E-state index in [2.05, 4.69) is 27.5 Å². The van der Waals surface area contributed by atoms with Crippen molar-refractivity contribution in [3.8, 4) is 0 Å². The van der Waals surface area contributed by atoms with Gasteiger partial charge in [0.1, 0.15) is 12.2 Å². The average Bonchev–Trinajstić information content (AvgIpc) is 2.75. The third-order valence-corrected chi connectivity index (χ3v) is 2.47. The van der Waals surface area contributed by atoms with Crippen LogP contribution in [0.3, 0.4) is 0 Å². The van der Waals surface area contributed by atoms with E-state index in [-0.39, 0.29) is 0 Å². The van der Waals surface area contributed by atoms with Crippen LogP contribution in [0.4, 0.5) is 0 Å². The fourth-order valence-corrected chi connectivity index (χ4v) is 1.61. The molecule has 0 saturated heterocycles. The Morgan fingerprint density at radius 2 is 2.06 bits per heavy atom. The van der Waals surface area contributed by atoms with Crippen molar-refractivity contribution in [2.45, 2.75) is 13.0 Å². The summed E-state index contributed by atoms with van der Waals surface area (Å²) in [6.45, 7) is 1.72. The van der Waals surface area contributed by atoms with E-state index >= 15 is 0 Å². The van der Waals surface area contributed by atoms with Crippen LogP contribution in [-0.2, 0) is 13.0 Å². The van der Waals surface area contributed by atoms with Crippen molar-refractivity contribution in [3.05, 3.63) is 48.0 Å². The molecule has 1 heterocycles. The van der Waals surface area contributed by atoms with Gasteiger partial charge >= 0.3 is 0 Å². The van der Waals surface area contributed by atoms with Crippen LogP contribution < -0.4 is 5.32 Å². The zero-order valence-corrected chi connectivity index (χ0v) is 9.43. The number of aromatic nitrogens is 3. The first-order valence-electron chi connectivity index (χ1n) is 5.45. The number of benzene rings is 1. The van der Waals surface area contributed by atoms with Crippen LogP contribution in [-0.4, -0.2) is 28.4 Å². The summed E-state index contributed by atoms with van der Waals surface area (Å²) >= 11 is 0. The zero-order valence-electron chi connectivity index (χ0n) is 9.43. The van der Waals surface area contributed by atoms with Crippen LogP contribution >= 0.6 is 0 Å². The summed E-state index contributed by atoms with van der Waals surface area (Å²) in [6, 6.07) is 10.3. The molecule has 0 bridgehead atoms. The van der Waals surface area contributed by atoms with Crippen LogP contribution in [0, 0.1) is 0 Å². The molecular weight excluding hydrogens is 200 g/mol. The van der Waals surface area contributed by atoms with Gasteiger partial charge in [0.25, 0.3) is 0 Å². The van der Waals surface area contributed by atoms with Gasteiger partial charge in [0.05, 0.1) is 6.54 Å². The van der Waals surface area contributed by atoms with E-state index in [9.17, 15) is 0 Å². The molecule has 0 radical (unpaired) electrons. The molecule has 0 aliphatic rings. The monoisotopic (exact) mass is 216 g/mol. The van der Waals surface area contributed by atoms with Crippen molar-refractivity contribution in [2.24, 2.45) is 0 Å². The Kier molecular flexibility index (Phi) is 3.66. The molecule has 2 aromatic rings. The number of nitrogens with one attached hydrogen (secondary N) is 1. The second-order valence-electron chi connectivity index (χ2n) is 3.67. The molecule has 0 aliphatic heterocycles. The zero-order chi connectivity index (χ0) is 11.2. The van der Waals surface area contributed by atoms with Crippen LogP contribution in [0.15, 0.2) is 36.7 Å². The molecule has 4 nitrogen and oxygen atoms in total. The number of rotatable bonds is 5. The van der Waals surface area contributed by atoms with Crippen molar-refractivity contribution >= 4 is 0 Å². The van der Waals surface area contributed by atoms with Gasteiger partial charge in [-0.25, -0.2) is 9.67 Å². The number of hydrogen-bond acceptors (Lipinski definition) is 3. The largest absolute Gasteiger partial charge is 0.319 e.